The summed E-state index contributed by atoms with van der Waals surface area (Å²) in [5.74, 6) is 4.81. The van der Waals surface area contributed by atoms with E-state index in [9.17, 15) is 4.79 Å². The molecule has 1 heterocycles. The Hall–Kier alpha value is -9.71. The minimum Gasteiger partial charge on any atom is -0.489 e. The highest BCUT2D eigenvalue weighted by molar-refractivity contribution is 5.90. The lowest BCUT2D eigenvalue weighted by Gasteiger charge is -2.16. The van der Waals surface area contributed by atoms with E-state index in [2.05, 4.69) is 0 Å². The largest absolute Gasteiger partial charge is 0.489 e. The van der Waals surface area contributed by atoms with Crippen molar-refractivity contribution in [1.29, 1.82) is 0 Å². The van der Waals surface area contributed by atoms with Crippen LogP contribution in [0, 0.1) is 0 Å². The van der Waals surface area contributed by atoms with E-state index in [4.69, 9.17) is 71.1 Å². The van der Waals surface area contributed by atoms with Gasteiger partial charge in [0.15, 0.2) is 23.0 Å². The first-order valence-electron chi connectivity index (χ1n) is 30.1. The van der Waals surface area contributed by atoms with E-state index in [0.717, 1.165) is 33.4 Å². The molecule has 0 saturated carbocycles. The molecule has 0 amide bonds. The second-order valence-corrected chi connectivity index (χ2v) is 20.6. The number of esters is 1. The molecule has 0 atom stereocenters. The fourth-order valence-electron chi connectivity index (χ4n) is 9.21. The first kappa shape index (κ1) is 63.3. The van der Waals surface area contributed by atoms with Crippen LogP contribution in [0.4, 0.5) is 0 Å². The van der Waals surface area contributed by atoms with Gasteiger partial charge in [0.05, 0.1) is 58.4 Å². The number of carbonyl (C=O) groups excluding carboxylic acids is 1. The van der Waals surface area contributed by atoms with Crippen molar-refractivity contribution in [2.45, 2.75) is 46.2 Å². The summed E-state index contributed by atoms with van der Waals surface area (Å²) in [5, 5.41) is 0. The summed E-state index contributed by atoms with van der Waals surface area (Å²) in [6.45, 7) is 5.31. The predicted octanol–water partition coefficient (Wildman–Crippen LogP) is 13.8. The molecule has 9 aromatic rings. The van der Waals surface area contributed by atoms with Crippen LogP contribution >= 0.6 is 0 Å². The van der Waals surface area contributed by atoms with Gasteiger partial charge in [0.1, 0.15) is 107 Å². The summed E-state index contributed by atoms with van der Waals surface area (Å²) in [6.07, 6.45) is 0. The molecule has 1 aliphatic rings. The van der Waals surface area contributed by atoms with Gasteiger partial charge in [-0.3, -0.25) is 0 Å². The fourth-order valence-corrected chi connectivity index (χ4v) is 9.21. The van der Waals surface area contributed by atoms with Gasteiger partial charge in [0.2, 0.25) is 0 Å². The van der Waals surface area contributed by atoms with Gasteiger partial charge in [-0.05, 0) is 106 Å². The number of benzene rings is 9. The Balaban J connectivity index is 0.844. The van der Waals surface area contributed by atoms with Gasteiger partial charge in [-0.2, -0.15) is 0 Å². The highest BCUT2D eigenvalue weighted by Gasteiger charge is 2.17. The topological polar surface area (TPSA) is 156 Å². The molecule has 10 rings (SSSR count). The van der Waals surface area contributed by atoms with Gasteiger partial charge in [-0.1, -0.05) is 133 Å². The number of hydrogen-bond donors (Lipinski definition) is 0. The molecule has 0 fully saturated rings. The summed E-state index contributed by atoms with van der Waals surface area (Å²) in [7, 11) is 0. The quantitative estimate of drug-likeness (QED) is 0.0626. The molecule has 0 unspecified atom stereocenters. The molecule has 0 aliphatic carbocycles. The van der Waals surface area contributed by atoms with E-state index in [1.165, 1.54) is 0 Å². The fraction of sp³-hybridized carbons (Fsp3) is 0.257. The van der Waals surface area contributed by atoms with Crippen LogP contribution in [0.5, 0.6) is 57.5 Å². The Morgan fingerprint density at radius 1 is 0.256 bits per heavy atom. The van der Waals surface area contributed by atoms with Crippen molar-refractivity contribution in [3.63, 3.8) is 0 Å². The zero-order valence-electron chi connectivity index (χ0n) is 50.3. The van der Waals surface area contributed by atoms with Gasteiger partial charge in [0.25, 0.3) is 0 Å². The lowest BCUT2D eigenvalue weighted by molar-refractivity contribution is 0.0223. The van der Waals surface area contributed by atoms with E-state index in [0.29, 0.717) is 142 Å². The summed E-state index contributed by atoms with van der Waals surface area (Å²) in [6, 6.07) is 69.2. The molecule has 0 saturated heterocycles. The number of para-hydroxylation sites is 2. The van der Waals surface area contributed by atoms with Crippen LogP contribution in [0.3, 0.4) is 0 Å². The number of ether oxygens (including phenoxy) is 15. The number of rotatable bonds is 21. The number of carbonyl (C=O) groups is 1. The van der Waals surface area contributed by atoms with Crippen LogP contribution in [-0.2, 0) is 69.9 Å². The monoisotopic (exact) mass is 1220 g/mol. The molecule has 90 heavy (non-hydrogen) atoms. The Kier molecular flexibility index (Phi) is 24.9. The molecule has 0 spiro atoms. The third-order valence-corrected chi connectivity index (χ3v) is 13.7. The van der Waals surface area contributed by atoms with Crippen LogP contribution < -0.4 is 47.4 Å². The first-order valence-corrected chi connectivity index (χ1v) is 30.1. The molecule has 0 bridgehead atoms. The Labute approximate surface area is 525 Å². The minimum atomic E-state index is -0.597. The third kappa shape index (κ3) is 21.6. The molecule has 1 aliphatic heterocycles. The summed E-state index contributed by atoms with van der Waals surface area (Å²) < 4.78 is 91.7. The average Bonchev–Trinajstić information content (AvgIpc) is 3.46. The maximum Gasteiger partial charge on any atom is 0.338 e. The van der Waals surface area contributed by atoms with Crippen molar-refractivity contribution >= 4 is 5.97 Å². The van der Waals surface area contributed by atoms with Crippen molar-refractivity contribution in [3.8, 4) is 57.5 Å². The normalized spacial score (nSPS) is 13.6. The van der Waals surface area contributed by atoms with Crippen molar-refractivity contribution in [2.24, 2.45) is 0 Å². The Bertz CT molecular complexity index is 3290. The molecular formula is C74H74O16. The van der Waals surface area contributed by atoms with Crippen molar-refractivity contribution < 1.29 is 75.8 Å². The second kappa shape index (κ2) is 35.3. The molecular weight excluding hydrogens is 1140 g/mol. The molecule has 0 radical (unpaired) electrons. The van der Waals surface area contributed by atoms with Crippen molar-refractivity contribution in [1.82, 2.24) is 0 Å². The van der Waals surface area contributed by atoms with Gasteiger partial charge in [-0.25, -0.2) is 4.79 Å². The van der Waals surface area contributed by atoms with Gasteiger partial charge in [0, 0.05) is 18.2 Å². The lowest BCUT2D eigenvalue weighted by atomic mass is 10.1. The summed E-state index contributed by atoms with van der Waals surface area (Å²) >= 11 is 0. The third-order valence-electron chi connectivity index (χ3n) is 13.7. The first-order chi connectivity index (χ1) is 44.5. The molecule has 0 N–H and O–H groups in total. The molecule has 466 valence electrons. The van der Waals surface area contributed by atoms with E-state index >= 15 is 0 Å². The highest BCUT2D eigenvalue weighted by Crippen LogP contribution is 2.33. The van der Waals surface area contributed by atoms with Crippen LogP contribution in [0.25, 0.3) is 0 Å². The Morgan fingerprint density at radius 2 is 0.522 bits per heavy atom. The SMILES string of the molecule is O=C(OCc1cc(OCc2cc(OCc3ccccc3)cc(OCc3ccccc3)c2)cc(OCc2cc(OCc3ccccc3)cc(OCc3ccccc3)c2)c1)c1ccc2c(c1)OCCOCCOCCOc1ccccc1OCCOCCOCCO2. The smallest absolute Gasteiger partial charge is 0.338 e. The number of hydrogen-bond acceptors (Lipinski definition) is 16. The average molecular weight is 1220 g/mol. The predicted molar refractivity (Wildman–Crippen MR) is 338 cm³/mol. The maximum atomic E-state index is 14.1. The lowest BCUT2D eigenvalue weighted by Crippen LogP contribution is -2.16. The molecule has 0 aromatic heterocycles. The summed E-state index contributed by atoms with van der Waals surface area (Å²) in [5.41, 5.74) is 6.55. The highest BCUT2D eigenvalue weighted by atomic mass is 16.6. The van der Waals surface area contributed by atoms with E-state index in [1.807, 2.05) is 194 Å². The minimum absolute atomic E-state index is 0.132. The van der Waals surface area contributed by atoms with Crippen LogP contribution in [-0.4, -0.2) is 85.3 Å². The Morgan fingerprint density at radius 3 is 0.856 bits per heavy atom. The van der Waals surface area contributed by atoms with Crippen LogP contribution in [0.15, 0.2) is 218 Å². The van der Waals surface area contributed by atoms with E-state index < -0.39 is 5.97 Å². The zero-order chi connectivity index (χ0) is 61.5. The second-order valence-electron chi connectivity index (χ2n) is 20.6. The summed E-state index contributed by atoms with van der Waals surface area (Å²) in [4.78, 5) is 14.1. The van der Waals surface area contributed by atoms with Gasteiger partial charge >= 0.3 is 5.97 Å². The van der Waals surface area contributed by atoms with E-state index in [-0.39, 0.29) is 51.8 Å². The van der Waals surface area contributed by atoms with Crippen LogP contribution in [0.1, 0.15) is 49.3 Å². The van der Waals surface area contributed by atoms with Crippen molar-refractivity contribution in [3.05, 3.63) is 263 Å². The molecule has 16 heteroatoms. The standard InChI is InChI=1S/C74H74O16/c75-74(63-25-26-72-73(45-63)83-38-34-79-30-29-77-32-36-81-71-24-14-13-23-70(71)80-35-31-76-27-28-78-33-37-82-72)90-55-62-43-68(88-53-60-39-64(84-49-56-15-5-1-6-16-56)46-65(40-60)85-50-57-17-7-2-8-18-57)48-69(44-62)89-54-61-41-66(86-51-58-19-9-3-10-20-58)47-67(42-61)87-52-59-21-11-4-12-22-59/h1-26,39-48H,27-38,49-55H2. The van der Waals surface area contributed by atoms with Gasteiger partial charge in [-0.15, -0.1) is 0 Å². The van der Waals surface area contributed by atoms with Crippen molar-refractivity contribution in [2.75, 3.05) is 79.3 Å². The maximum absolute atomic E-state index is 14.1. The van der Waals surface area contributed by atoms with Crippen LogP contribution in [0.2, 0.25) is 0 Å². The van der Waals surface area contributed by atoms with E-state index in [1.54, 1.807) is 24.3 Å². The van der Waals surface area contributed by atoms with Gasteiger partial charge < -0.3 is 71.1 Å². The molecule has 9 aromatic carbocycles. The molecule has 16 nitrogen and oxygen atoms in total. The number of fused-ring (bicyclic) bond motifs is 2. The zero-order valence-corrected chi connectivity index (χ0v) is 50.3.